The Hall–Kier alpha value is 0.120. The molecule has 2 aliphatic heterocycles. The molecule has 2 heterocycles. The first-order valence-corrected chi connectivity index (χ1v) is 7.41. The monoisotopic (exact) mass is 283 g/mol. The molecule has 17 heavy (non-hydrogen) atoms. The molecular formula is C10H22ClN3O2S. The molecular weight excluding hydrogens is 262 g/mol. The van der Waals surface area contributed by atoms with E-state index in [0.717, 1.165) is 12.8 Å². The molecule has 1 N–H and O–H groups in total. The van der Waals surface area contributed by atoms with E-state index in [1.807, 2.05) is 6.92 Å². The molecule has 0 radical (unpaired) electrons. The number of hydrogen-bond acceptors (Lipinski definition) is 3. The lowest BCUT2D eigenvalue weighted by atomic mass is 10.1. The lowest BCUT2D eigenvalue weighted by Gasteiger charge is -2.27. The summed E-state index contributed by atoms with van der Waals surface area (Å²) in [6, 6.07) is 0.879. The van der Waals surface area contributed by atoms with Crippen molar-refractivity contribution in [3.8, 4) is 0 Å². The van der Waals surface area contributed by atoms with Crippen LogP contribution in [-0.4, -0.2) is 55.8 Å². The summed E-state index contributed by atoms with van der Waals surface area (Å²) in [6.07, 6.45) is 3.24. The molecule has 0 aromatic rings. The van der Waals surface area contributed by atoms with E-state index in [1.54, 1.807) is 11.4 Å². The third kappa shape index (κ3) is 3.12. The van der Waals surface area contributed by atoms with Crippen molar-refractivity contribution in [2.45, 2.75) is 38.3 Å². The van der Waals surface area contributed by atoms with Crippen LogP contribution in [0.2, 0.25) is 0 Å². The molecule has 0 amide bonds. The van der Waals surface area contributed by atoms with Gasteiger partial charge < -0.3 is 5.32 Å². The highest BCUT2D eigenvalue weighted by molar-refractivity contribution is 7.86. The summed E-state index contributed by atoms with van der Waals surface area (Å²) in [5.41, 5.74) is 0. The maximum absolute atomic E-state index is 12.2. The molecule has 0 aliphatic carbocycles. The molecule has 2 bridgehead atoms. The minimum Gasteiger partial charge on any atom is -0.310 e. The van der Waals surface area contributed by atoms with Crippen LogP contribution in [-0.2, 0) is 10.2 Å². The second kappa shape index (κ2) is 5.84. The minimum absolute atomic E-state index is 0. The highest BCUT2D eigenvalue weighted by atomic mass is 35.5. The van der Waals surface area contributed by atoms with Gasteiger partial charge >= 0.3 is 0 Å². The Morgan fingerprint density at radius 2 is 1.94 bits per heavy atom. The summed E-state index contributed by atoms with van der Waals surface area (Å²) in [6.45, 7) is 3.67. The molecule has 7 heteroatoms. The van der Waals surface area contributed by atoms with Gasteiger partial charge in [-0.25, -0.2) is 0 Å². The van der Waals surface area contributed by atoms with Crippen LogP contribution < -0.4 is 5.32 Å². The van der Waals surface area contributed by atoms with Crippen molar-refractivity contribution >= 4 is 22.6 Å². The van der Waals surface area contributed by atoms with Gasteiger partial charge in [-0.05, 0) is 19.3 Å². The predicted octanol–water partition coefficient (Wildman–Crippen LogP) is 0.431. The van der Waals surface area contributed by atoms with Gasteiger partial charge in [-0.15, -0.1) is 12.4 Å². The summed E-state index contributed by atoms with van der Waals surface area (Å²) >= 11 is 0. The van der Waals surface area contributed by atoms with E-state index in [4.69, 9.17) is 0 Å². The van der Waals surface area contributed by atoms with Gasteiger partial charge in [0.15, 0.2) is 0 Å². The van der Waals surface area contributed by atoms with E-state index in [9.17, 15) is 8.42 Å². The molecule has 102 valence electrons. The predicted molar refractivity (Wildman–Crippen MR) is 70.6 cm³/mol. The quantitative estimate of drug-likeness (QED) is 0.817. The zero-order chi connectivity index (χ0) is 11.8. The van der Waals surface area contributed by atoms with Crippen molar-refractivity contribution in [3.05, 3.63) is 0 Å². The maximum atomic E-state index is 12.2. The van der Waals surface area contributed by atoms with E-state index in [2.05, 4.69) is 5.32 Å². The Balaban J connectivity index is 0.00000144. The van der Waals surface area contributed by atoms with Crippen molar-refractivity contribution in [1.82, 2.24) is 13.9 Å². The van der Waals surface area contributed by atoms with Crippen LogP contribution in [0.15, 0.2) is 0 Å². The van der Waals surface area contributed by atoms with Crippen molar-refractivity contribution in [1.29, 1.82) is 0 Å². The smallest absolute Gasteiger partial charge is 0.281 e. The second-order valence-electron chi connectivity index (χ2n) is 4.71. The van der Waals surface area contributed by atoms with Crippen LogP contribution in [0.4, 0.5) is 0 Å². The molecule has 2 saturated heterocycles. The first-order valence-electron chi connectivity index (χ1n) is 6.01. The van der Waals surface area contributed by atoms with E-state index in [0.29, 0.717) is 31.7 Å². The molecule has 5 nitrogen and oxygen atoms in total. The molecule has 0 saturated carbocycles. The fourth-order valence-corrected chi connectivity index (χ4v) is 3.91. The van der Waals surface area contributed by atoms with Gasteiger partial charge in [-0.2, -0.15) is 17.0 Å². The van der Waals surface area contributed by atoms with Gasteiger partial charge in [0.05, 0.1) is 0 Å². The van der Waals surface area contributed by atoms with Crippen molar-refractivity contribution in [2.24, 2.45) is 0 Å². The van der Waals surface area contributed by atoms with Crippen molar-refractivity contribution in [2.75, 3.05) is 26.7 Å². The van der Waals surface area contributed by atoms with E-state index >= 15 is 0 Å². The molecule has 2 aliphatic rings. The Morgan fingerprint density at radius 1 is 1.29 bits per heavy atom. The highest BCUT2D eigenvalue weighted by Gasteiger charge is 2.35. The largest absolute Gasteiger partial charge is 0.310 e. The summed E-state index contributed by atoms with van der Waals surface area (Å²) in [4.78, 5) is 0. The lowest BCUT2D eigenvalue weighted by molar-refractivity contribution is 0.346. The number of nitrogens with zero attached hydrogens (tertiary/aromatic N) is 2. The summed E-state index contributed by atoms with van der Waals surface area (Å²) < 4.78 is 27.4. The zero-order valence-electron chi connectivity index (χ0n) is 10.4. The van der Waals surface area contributed by atoms with Crippen LogP contribution in [0.5, 0.6) is 0 Å². The van der Waals surface area contributed by atoms with Crippen LogP contribution in [0.25, 0.3) is 0 Å². The molecule has 0 aromatic heterocycles. The van der Waals surface area contributed by atoms with E-state index < -0.39 is 10.2 Å². The Kier molecular flexibility index (Phi) is 5.21. The van der Waals surface area contributed by atoms with Crippen molar-refractivity contribution in [3.63, 3.8) is 0 Å². The Labute approximate surface area is 110 Å². The van der Waals surface area contributed by atoms with E-state index in [1.165, 1.54) is 10.7 Å². The van der Waals surface area contributed by atoms with Crippen LogP contribution in [0.1, 0.15) is 26.2 Å². The number of nitrogens with one attached hydrogen (secondary N) is 1. The van der Waals surface area contributed by atoms with Crippen LogP contribution in [0, 0.1) is 0 Å². The standard InChI is InChI=1S/C10H21N3O2S.ClH/c1-3-12(2)16(14,15)13-7-6-9-4-5-10(8-13)11-9;/h9-11H,3-8H2,1-2H3;1H. The topological polar surface area (TPSA) is 52.7 Å². The second-order valence-corrected chi connectivity index (χ2v) is 6.74. The third-order valence-corrected chi connectivity index (χ3v) is 5.68. The van der Waals surface area contributed by atoms with Gasteiger partial charge in [-0.3, -0.25) is 0 Å². The number of fused-ring (bicyclic) bond motifs is 2. The van der Waals surface area contributed by atoms with Gasteiger partial charge in [0.1, 0.15) is 0 Å². The fraction of sp³-hybridized carbons (Fsp3) is 1.00. The van der Waals surface area contributed by atoms with Crippen LogP contribution >= 0.6 is 12.4 Å². The highest BCUT2D eigenvalue weighted by Crippen LogP contribution is 2.22. The summed E-state index contributed by atoms with van der Waals surface area (Å²) in [5.74, 6) is 0. The zero-order valence-corrected chi connectivity index (χ0v) is 12.1. The normalized spacial score (nSPS) is 30.1. The third-order valence-electron chi connectivity index (χ3n) is 3.65. The molecule has 0 spiro atoms. The molecule has 2 fully saturated rings. The number of rotatable bonds is 3. The van der Waals surface area contributed by atoms with Crippen molar-refractivity contribution < 1.29 is 8.42 Å². The van der Waals surface area contributed by atoms with Gasteiger partial charge in [0.2, 0.25) is 0 Å². The van der Waals surface area contributed by atoms with Gasteiger partial charge in [0, 0.05) is 38.8 Å². The van der Waals surface area contributed by atoms with Gasteiger partial charge in [0.25, 0.3) is 10.2 Å². The Morgan fingerprint density at radius 3 is 2.59 bits per heavy atom. The number of hydrogen-bond donors (Lipinski definition) is 1. The summed E-state index contributed by atoms with van der Waals surface area (Å²) in [5, 5.41) is 3.49. The van der Waals surface area contributed by atoms with E-state index in [-0.39, 0.29) is 12.4 Å². The minimum atomic E-state index is -3.23. The molecule has 2 atom stereocenters. The SMILES string of the molecule is CCN(C)S(=O)(=O)N1CCC2CCC(C1)N2.Cl. The maximum Gasteiger partial charge on any atom is 0.281 e. The average Bonchev–Trinajstić information content (AvgIpc) is 2.56. The fourth-order valence-electron chi connectivity index (χ4n) is 2.48. The van der Waals surface area contributed by atoms with Crippen LogP contribution in [0.3, 0.4) is 0 Å². The lowest BCUT2D eigenvalue weighted by Crippen LogP contribution is -2.45. The first kappa shape index (κ1) is 15.2. The molecule has 2 unspecified atom stereocenters. The molecule has 2 rings (SSSR count). The average molecular weight is 284 g/mol. The summed E-state index contributed by atoms with van der Waals surface area (Å²) in [7, 11) is -1.59. The number of halogens is 1. The molecule has 0 aromatic carbocycles. The van der Waals surface area contributed by atoms with Gasteiger partial charge in [-0.1, -0.05) is 6.92 Å². The first-order chi connectivity index (χ1) is 7.54. The Bertz CT molecular complexity index is 349.